The second-order valence-corrected chi connectivity index (χ2v) is 18.6. The summed E-state index contributed by atoms with van der Waals surface area (Å²) in [5, 5.41) is 37.1. The largest absolute Gasteiger partial charge is 0.508 e. The van der Waals surface area contributed by atoms with E-state index in [1.54, 1.807) is 42.6 Å². The molecule has 0 bridgehead atoms. The van der Waals surface area contributed by atoms with Gasteiger partial charge < -0.3 is 64.3 Å². The predicted molar refractivity (Wildman–Crippen MR) is 252 cm³/mol. The molecule has 66 heavy (non-hydrogen) atoms. The van der Waals surface area contributed by atoms with Crippen LogP contribution >= 0.6 is 21.6 Å². The Labute approximate surface area is 389 Å². The van der Waals surface area contributed by atoms with E-state index in [1.807, 2.05) is 30.3 Å². The van der Waals surface area contributed by atoms with Crippen molar-refractivity contribution in [2.75, 3.05) is 18.1 Å². The van der Waals surface area contributed by atoms with E-state index in [1.165, 1.54) is 19.1 Å². The van der Waals surface area contributed by atoms with Crippen molar-refractivity contribution < 1.29 is 43.8 Å². The van der Waals surface area contributed by atoms with Crippen LogP contribution < -0.4 is 49.1 Å². The van der Waals surface area contributed by atoms with Crippen molar-refractivity contribution in [2.45, 2.75) is 93.8 Å². The number of rotatable bonds is 16. The average Bonchev–Trinajstić information content (AvgIpc) is 3.70. The first kappa shape index (κ1) is 50.9. The van der Waals surface area contributed by atoms with E-state index in [0.29, 0.717) is 30.5 Å². The Hall–Kier alpha value is -6.13. The standard InChI is InChI=1S/C45H58N10O9S2/c1-25(56)38(39(48)58)55-45(64)37-24-66-65-23-36(53-40(59)31(47)19-26-9-3-2-4-10-26)44(63)51-34(20-27-14-16-29(57)17-15-27)42(61)52-35(21-28-22-49-32-12-6-5-11-30(28)32)43(62)50-33(41(60)54-37)13-7-8-18-46/h2-6,9-12,14-17,22,25,31,33-38,49,56-57H,7-8,13,18-21,23-24,46-47H2,1H3,(H2,48,58)(H,50,62)(H,51,63)(H,52,61)(H,53,59)(H,54,60)(H,55,64)/t25-,31-,33+,34+,35?,36+,37+,38+/m1/s1. The number of H-pyrrole nitrogens is 1. The maximum atomic E-state index is 14.6. The van der Waals surface area contributed by atoms with Crippen LogP contribution in [0.1, 0.15) is 42.9 Å². The van der Waals surface area contributed by atoms with Gasteiger partial charge in [0.25, 0.3) is 0 Å². The Morgan fingerprint density at radius 3 is 2.08 bits per heavy atom. The van der Waals surface area contributed by atoms with E-state index < -0.39 is 89.7 Å². The lowest BCUT2D eigenvalue weighted by Crippen LogP contribution is -2.61. The van der Waals surface area contributed by atoms with Crippen LogP contribution in [0.25, 0.3) is 10.9 Å². The van der Waals surface area contributed by atoms with Crippen LogP contribution in [0, 0.1) is 0 Å². The lowest BCUT2D eigenvalue weighted by atomic mass is 10.0. The third kappa shape index (κ3) is 15.0. The fraction of sp³-hybridized carbons (Fsp3) is 0.400. The van der Waals surface area contributed by atoms with Crippen LogP contribution in [-0.4, -0.2) is 123 Å². The average molecular weight is 947 g/mol. The Morgan fingerprint density at radius 1 is 0.773 bits per heavy atom. The summed E-state index contributed by atoms with van der Waals surface area (Å²) in [7, 11) is 2.10. The highest BCUT2D eigenvalue weighted by Crippen LogP contribution is 2.25. The highest BCUT2D eigenvalue weighted by Gasteiger charge is 2.35. The molecule has 21 heteroatoms. The van der Waals surface area contributed by atoms with Crippen molar-refractivity contribution in [3.8, 4) is 5.75 Å². The number of aromatic hydroxyl groups is 1. The Kier molecular flexibility index (Phi) is 19.2. The molecule has 0 aliphatic carbocycles. The summed E-state index contributed by atoms with van der Waals surface area (Å²) < 4.78 is 0. The molecule has 1 aliphatic heterocycles. The zero-order chi connectivity index (χ0) is 47.8. The van der Waals surface area contributed by atoms with E-state index in [9.17, 15) is 43.8 Å². The lowest BCUT2D eigenvalue weighted by Gasteiger charge is -2.27. The number of aliphatic hydroxyl groups is 1. The molecule has 1 fully saturated rings. The van der Waals surface area contributed by atoms with Gasteiger partial charge >= 0.3 is 0 Å². The first-order chi connectivity index (χ1) is 31.6. The minimum Gasteiger partial charge on any atom is -0.508 e. The second kappa shape index (κ2) is 25.0. The van der Waals surface area contributed by atoms with Crippen molar-refractivity contribution in [3.05, 3.63) is 102 Å². The number of aromatic amines is 1. The molecule has 354 valence electrons. The number of carbonyl (C=O) groups excluding carboxylic acids is 7. The van der Waals surface area contributed by atoms with Gasteiger partial charge in [-0.2, -0.15) is 0 Å². The Balaban J connectivity index is 1.54. The third-order valence-electron chi connectivity index (χ3n) is 10.9. The quantitative estimate of drug-likeness (QED) is 0.0500. The van der Waals surface area contributed by atoms with Crippen molar-refractivity contribution in [3.63, 3.8) is 0 Å². The topological polar surface area (TPSA) is 326 Å². The number of unbranched alkanes of at least 4 members (excludes halogenated alkanes) is 1. The van der Waals surface area contributed by atoms with Gasteiger partial charge in [-0.15, -0.1) is 0 Å². The van der Waals surface area contributed by atoms with E-state index in [4.69, 9.17) is 17.2 Å². The molecule has 1 unspecified atom stereocenters. The molecule has 0 saturated carbocycles. The molecule has 15 N–H and O–H groups in total. The summed E-state index contributed by atoms with van der Waals surface area (Å²) in [6.07, 6.45) is 1.27. The van der Waals surface area contributed by atoms with Crippen molar-refractivity contribution >= 4 is 73.8 Å². The number of benzene rings is 3. The van der Waals surface area contributed by atoms with Crippen molar-refractivity contribution in [1.29, 1.82) is 0 Å². The first-order valence-corrected chi connectivity index (χ1v) is 24.0. The number of hydrogen-bond acceptors (Lipinski definition) is 13. The zero-order valence-electron chi connectivity index (χ0n) is 36.4. The highest BCUT2D eigenvalue weighted by atomic mass is 33.1. The smallest absolute Gasteiger partial charge is 0.244 e. The van der Waals surface area contributed by atoms with Gasteiger partial charge in [0.1, 0.15) is 42.0 Å². The molecule has 2 heterocycles. The van der Waals surface area contributed by atoms with Crippen molar-refractivity contribution in [2.24, 2.45) is 17.2 Å². The number of hydrogen-bond donors (Lipinski definition) is 12. The summed E-state index contributed by atoms with van der Waals surface area (Å²) in [6.45, 7) is 1.55. The van der Waals surface area contributed by atoms with E-state index in [0.717, 1.165) is 38.1 Å². The first-order valence-electron chi connectivity index (χ1n) is 21.5. The molecule has 8 atom stereocenters. The zero-order valence-corrected chi connectivity index (χ0v) is 38.0. The molecule has 19 nitrogen and oxygen atoms in total. The van der Waals surface area contributed by atoms with Crippen LogP contribution in [0.4, 0.5) is 0 Å². The maximum Gasteiger partial charge on any atom is 0.244 e. The van der Waals surface area contributed by atoms with Gasteiger partial charge in [0.15, 0.2) is 0 Å². The number of fused-ring (bicyclic) bond motifs is 1. The maximum absolute atomic E-state index is 14.6. The van der Waals surface area contributed by atoms with E-state index in [-0.39, 0.29) is 42.9 Å². The Morgan fingerprint density at radius 2 is 1.39 bits per heavy atom. The normalized spacial score (nSPS) is 21.5. The SMILES string of the molecule is C[C@@H](O)[C@H](NC(=O)[C@@H]1CSSC[C@H](NC(=O)[C@H](N)Cc2ccccc2)C(=O)N[C@@H](Cc2ccc(O)cc2)C(=O)NC(Cc2c[nH]c3ccccc23)C(=O)N[C@@H](CCCCN)C(=O)N1)C(N)=O. The second-order valence-electron chi connectivity index (χ2n) is 16.0. The molecule has 4 aromatic rings. The molecule has 0 spiro atoms. The molecule has 1 aromatic heterocycles. The van der Waals surface area contributed by atoms with E-state index >= 15 is 0 Å². The van der Waals surface area contributed by atoms with E-state index in [2.05, 4.69) is 36.9 Å². The minimum atomic E-state index is -1.51. The minimum absolute atomic E-state index is 0.0267. The number of phenolic OH excluding ortho intramolecular Hbond substituents is 1. The summed E-state index contributed by atoms with van der Waals surface area (Å²) in [6, 6.07) is 13.2. The number of aliphatic hydroxyl groups excluding tert-OH is 1. The van der Waals surface area contributed by atoms with Gasteiger partial charge in [0, 0.05) is 41.4 Å². The van der Waals surface area contributed by atoms with Crippen molar-refractivity contribution in [1.82, 2.24) is 36.9 Å². The molecule has 7 amide bonds. The van der Waals surface area contributed by atoms with Gasteiger partial charge in [0.05, 0.1) is 12.1 Å². The number of nitrogens with one attached hydrogen (secondary N) is 7. The van der Waals surface area contributed by atoms with Gasteiger partial charge in [-0.1, -0.05) is 82.3 Å². The summed E-state index contributed by atoms with van der Waals surface area (Å²) >= 11 is 0. The van der Waals surface area contributed by atoms with Gasteiger partial charge in [-0.05, 0) is 74.0 Å². The van der Waals surface area contributed by atoms with Crippen LogP contribution in [0.15, 0.2) is 85.1 Å². The summed E-state index contributed by atoms with van der Waals surface area (Å²) in [5.41, 5.74) is 20.3. The third-order valence-corrected chi connectivity index (χ3v) is 13.3. The number of para-hydroxylation sites is 1. The predicted octanol–water partition coefficient (Wildman–Crippen LogP) is -0.472. The molecule has 5 rings (SSSR count). The molecular formula is C45H58N10O9S2. The van der Waals surface area contributed by atoms with Crippen LogP contribution in [-0.2, 0) is 52.8 Å². The van der Waals surface area contributed by atoms with Crippen LogP contribution in [0.3, 0.4) is 0 Å². The number of nitrogens with two attached hydrogens (primary N) is 3. The number of amides is 7. The number of primary amides is 1. The van der Waals surface area contributed by atoms with Crippen LogP contribution in [0.2, 0.25) is 0 Å². The van der Waals surface area contributed by atoms with Crippen LogP contribution in [0.5, 0.6) is 5.75 Å². The molecular weight excluding hydrogens is 889 g/mol. The van der Waals surface area contributed by atoms with Gasteiger partial charge in [-0.3, -0.25) is 33.6 Å². The summed E-state index contributed by atoms with van der Waals surface area (Å²) in [4.78, 5) is 100. The van der Waals surface area contributed by atoms with Gasteiger partial charge in [0.2, 0.25) is 41.4 Å². The molecule has 1 aliphatic rings. The molecule has 1 saturated heterocycles. The molecule has 0 radical (unpaired) electrons. The molecule has 3 aromatic carbocycles. The Bertz CT molecular complexity index is 2300. The fourth-order valence-corrected chi connectivity index (χ4v) is 9.51. The fourth-order valence-electron chi connectivity index (χ4n) is 7.18. The summed E-state index contributed by atoms with van der Waals surface area (Å²) in [5.74, 6) is -5.94. The lowest BCUT2D eigenvalue weighted by molar-refractivity contribution is -0.135. The van der Waals surface area contributed by atoms with Gasteiger partial charge in [-0.25, -0.2) is 0 Å². The monoisotopic (exact) mass is 946 g/mol. The highest BCUT2D eigenvalue weighted by molar-refractivity contribution is 8.76. The number of carbonyl (C=O) groups is 7. The number of aromatic nitrogens is 1. The number of phenols is 1.